The third-order valence-electron chi connectivity index (χ3n) is 3.77. The summed E-state index contributed by atoms with van der Waals surface area (Å²) in [5.74, 6) is -0.145. The fourth-order valence-corrected chi connectivity index (χ4v) is 2.70. The summed E-state index contributed by atoms with van der Waals surface area (Å²) < 4.78 is 13.4. The normalized spacial score (nSPS) is 24.3. The standard InChI is InChI=1S/C15H23FN2/c1-4-5-14-10-18(12(3)9-17-14)15-8-13(16)7-6-11(15)2/h6-8,12,14,17H,4-5,9-10H2,1-3H3. The van der Waals surface area contributed by atoms with Crippen LogP contribution in [0.4, 0.5) is 10.1 Å². The molecular formula is C15H23FN2. The lowest BCUT2D eigenvalue weighted by Crippen LogP contribution is -2.55. The van der Waals surface area contributed by atoms with Crippen LogP contribution in [0, 0.1) is 12.7 Å². The molecule has 1 aliphatic rings. The molecule has 1 aromatic rings. The van der Waals surface area contributed by atoms with E-state index in [4.69, 9.17) is 0 Å². The van der Waals surface area contributed by atoms with Crippen LogP contribution in [0.15, 0.2) is 18.2 Å². The third kappa shape index (κ3) is 2.83. The van der Waals surface area contributed by atoms with Gasteiger partial charge in [0.2, 0.25) is 0 Å². The lowest BCUT2D eigenvalue weighted by Gasteiger charge is -2.41. The Kier molecular flexibility index (Phi) is 4.23. The summed E-state index contributed by atoms with van der Waals surface area (Å²) in [4.78, 5) is 2.34. The molecule has 0 spiro atoms. The van der Waals surface area contributed by atoms with Crippen molar-refractivity contribution in [2.24, 2.45) is 0 Å². The van der Waals surface area contributed by atoms with E-state index in [1.165, 1.54) is 18.9 Å². The van der Waals surface area contributed by atoms with Gasteiger partial charge >= 0.3 is 0 Å². The number of benzene rings is 1. The second-order valence-corrected chi connectivity index (χ2v) is 5.33. The Morgan fingerprint density at radius 2 is 2.22 bits per heavy atom. The smallest absolute Gasteiger partial charge is 0.125 e. The number of halogens is 1. The van der Waals surface area contributed by atoms with Gasteiger partial charge in [-0.15, -0.1) is 0 Å². The van der Waals surface area contributed by atoms with Gasteiger partial charge in [0.15, 0.2) is 0 Å². The molecule has 0 aromatic heterocycles. The van der Waals surface area contributed by atoms with Crippen LogP contribution < -0.4 is 10.2 Å². The highest BCUT2D eigenvalue weighted by Crippen LogP contribution is 2.25. The summed E-state index contributed by atoms with van der Waals surface area (Å²) in [6.07, 6.45) is 2.36. The number of nitrogens with zero attached hydrogens (tertiary/aromatic N) is 1. The second kappa shape index (κ2) is 5.70. The molecule has 0 radical (unpaired) electrons. The highest BCUT2D eigenvalue weighted by atomic mass is 19.1. The van der Waals surface area contributed by atoms with Crippen molar-refractivity contribution >= 4 is 5.69 Å². The minimum absolute atomic E-state index is 0.145. The van der Waals surface area contributed by atoms with Crippen molar-refractivity contribution in [3.05, 3.63) is 29.6 Å². The maximum Gasteiger partial charge on any atom is 0.125 e. The zero-order valence-corrected chi connectivity index (χ0v) is 11.5. The van der Waals surface area contributed by atoms with Crippen molar-refractivity contribution < 1.29 is 4.39 Å². The zero-order valence-electron chi connectivity index (χ0n) is 11.5. The van der Waals surface area contributed by atoms with Gasteiger partial charge in [-0.1, -0.05) is 19.4 Å². The first-order valence-corrected chi connectivity index (χ1v) is 6.88. The number of piperazine rings is 1. The van der Waals surface area contributed by atoms with Gasteiger partial charge in [0.05, 0.1) is 0 Å². The van der Waals surface area contributed by atoms with Gasteiger partial charge in [-0.05, 0) is 38.0 Å². The molecule has 2 unspecified atom stereocenters. The first-order chi connectivity index (χ1) is 8.61. The highest BCUT2D eigenvalue weighted by Gasteiger charge is 2.25. The summed E-state index contributed by atoms with van der Waals surface area (Å²) >= 11 is 0. The van der Waals surface area contributed by atoms with Crippen LogP contribution in [-0.4, -0.2) is 25.2 Å². The Bertz CT molecular complexity index is 405. The molecule has 1 N–H and O–H groups in total. The molecule has 1 aliphatic heterocycles. The van der Waals surface area contributed by atoms with Crippen molar-refractivity contribution in [1.82, 2.24) is 5.32 Å². The quantitative estimate of drug-likeness (QED) is 0.886. The minimum atomic E-state index is -0.145. The molecule has 1 aromatic carbocycles. The molecule has 3 heteroatoms. The molecule has 0 aliphatic carbocycles. The van der Waals surface area contributed by atoms with E-state index in [0.717, 1.165) is 24.3 Å². The summed E-state index contributed by atoms with van der Waals surface area (Å²) in [7, 11) is 0. The Morgan fingerprint density at radius 1 is 1.44 bits per heavy atom. The van der Waals surface area contributed by atoms with E-state index in [2.05, 4.69) is 31.0 Å². The largest absolute Gasteiger partial charge is 0.366 e. The van der Waals surface area contributed by atoms with Crippen molar-refractivity contribution in [1.29, 1.82) is 0 Å². The number of rotatable bonds is 3. The fraction of sp³-hybridized carbons (Fsp3) is 0.600. The van der Waals surface area contributed by atoms with Gasteiger partial charge in [-0.2, -0.15) is 0 Å². The Hall–Kier alpha value is -1.09. The van der Waals surface area contributed by atoms with Gasteiger partial charge in [0.1, 0.15) is 5.82 Å². The van der Waals surface area contributed by atoms with Gasteiger partial charge < -0.3 is 10.2 Å². The predicted molar refractivity (Wildman–Crippen MR) is 74.6 cm³/mol. The molecule has 0 bridgehead atoms. The lowest BCUT2D eigenvalue weighted by molar-refractivity contribution is 0.385. The van der Waals surface area contributed by atoms with Crippen molar-refractivity contribution in [2.75, 3.05) is 18.0 Å². The van der Waals surface area contributed by atoms with E-state index in [1.54, 1.807) is 6.07 Å². The van der Waals surface area contributed by atoms with E-state index in [0.29, 0.717) is 12.1 Å². The molecule has 1 heterocycles. The van der Waals surface area contributed by atoms with E-state index in [-0.39, 0.29) is 5.82 Å². The van der Waals surface area contributed by atoms with Crippen LogP contribution >= 0.6 is 0 Å². The number of hydrogen-bond donors (Lipinski definition) is 1. The number of anilines is 1. The maximum absolute atomic E-state index is 13.4. The van der Waals surface area contributed by atoms with Crippen LogP contribution in [0.25, 0.3) is 0 Å². The van der Waals surface area contributed by atoms with Crippen LogP contribution in [-0.2, 0) is 0 Å². The van der Waals surface area contributed by atoms with Crippen LogP contribution in [0.1, 0.15) is 32.3 Å². The fourth-order valence-electron chi connectivity index (χ4n) is 2.70. The average Bonchev–Trinajstić information content (AvgIpc) is 2.35. The number of hydrogen-bond acceptors (Lipinski definition) is 2. The molecule has 0 amide bonds. The van der Waals surface area contributed by atoms with Gasteiger partial charge in [-0.25, -0.2) is 4.39 Å². The second-order valence-electron chi connectivity index (χ2n) is 5.33. The van der Waals surface area contributed by atoms with Crippen LogP contribution in [0.3, 0.4) is 0 Å². The number of nitrogens with one attached hydrogen (secondary N) is 1. The summed E-state index contributed by atoms with van der Waals surface area (Å²) in [6.45, 7) is 8.40. The summed E-state index contributed by atoms with van der Waals surface area (Å²) in [5, 5.41) is 3.57. The van der Waals surface area contributed by atoms with E-state index in [9.17, 15) is 4.39 Å². The SMILES string of the molecule is CCCC1CN(c2cc(F)ccc2C)C(C)CN1. The van der Waals surface area contributed by atoms with Crippen LogP contribution in [0.5, 0.6) is 0 Å². The minimum Gasteiger partial charge on any atom is -0.366 e. The summed E-state index contributed by atoms with van der Waals surface area (Å²) in [6, 6.07) is 6.01. The molecule has 18 heavy (non-hydrogen) atoms. The monoisotopic (exact) mass is 250 g/mol. The average molecular weight is 250 g/mol. The van der Waals surface area contributed by atoms with Gasteiger partial charge in [-0.3, -0.25) is 0 Å². The summed E-state index contributed by atoms with van der Waals surface area (Å²) in [5.41, 5.74) is 2.20. The van der Waals surface area contributed by atoms with Crippen LogP contribution in [0.2, 0.25) is 0 Å². The Balaban J connectivity index is 2.21. The highest BCUT2D eigenvalue weighted by molar-refractivity contribution is 5.54. The van der Waals surface area contributed by atoms with Crippen molar-refractivity contribution in [3.63, 3.8) is 0 Å². The molecule has 2 rings (SSSR count). The molecular weight excluding hydrogens is 227 g/mol. The molecule has 1 fully saturated rings. The molecule has 100 valence electrons. The lowest BCUT2D eigenvalue weighted by atomic mass is 10.0. The van der Waals surface area contributed by atoms with E-state index < -0.39 is 0 Å². The van der Waals surface area contributed by atoms with Crippen molar-refractivity contribution in [3.8, 4) is 0 Å². The number of aryl methyl sites for hydroxylation is 1. The van der Waals surface area contributed by atoms with Gasteiger partial charge in [0.25, 0.3) is 0 Å². The molecule has 0 saturated carbocycles. The van der Waals surface area contributed by atoms with Gasteiger partial charge in [0, 0.05) is 30.9 Å². The maximum atomic E-state index is 13.4. The third-order valence-corrected chi connectivity index (χ3v) is 3.77. The molecule has 2 atom stereocenters. The van der Waals surface area contributed by atoms with E-state index in [1.807, 2.05) is 6.07 Å². The van der Waals surface area contributed by atoms with E-state index >= 15 is 0 Å². The Labute approximate surface area is 109 Å². The van der Waals surface area contributed by atoms with Crippen molar-refractivity contribution in [2.45, 2.75) is 45.7 Å². The zero-order chi connectivity index (χ0) is 13.1. The topological polar surface area (TPSA) is 15.3 Å². The Morgan fingerprint density at radius 3 is 2.94 bits per heavy atom. The predicted octanol–water partition coefficient (Wildman–Crippen LogP) is 3.10. The molecule has 1 saturated heterocycles. The first kappa shape index (κ1) is 13.3. The molecule has 2 nitrogen and oxygen atoms in total. The first-order valence-electron chi connectivity index (χ1n) is 6.88.